The Morgan fingerprint density at radius 3 is 2.67 bits per heavy atom. The Labute approximate surface area is 174 Å². The lowest BCUT2D eigenvalue weighted by Crippen LogP contribution is -2.37. The molecule has 0 aliphatic carbocycles. The summed E-state index contributed by atoms with van der Waals surface area (Å²) in [6.45, 7) is 2.89. The fourth-order valence-corrected chi connectivity index (χ4v) is 3.43. The number of rotatable bonds is 6. The van der Waals surface area contributed by atoms with Crippen molar-refractivity contribution >= 4 is 17.3 Å². The first kappa shape index (κ1) is 19.8. The number of hydrogen-bond donors (Lipinski definition) is 1. The van der Waals surface area contributed by atoms with Crippen LogP contribution in [0.2, 0.25) is 0 Å². The fourth-order valence-electron chi connectivity index (χ4n) is 3.43. The Hall–Kier alpha value is -3.52. The number of Topliss-reactive ketones (excluding diaryl/α,β-unsaturated/α-hetero) is 1. The largest absolute Gasteiger partial charge is 0.497 e. The van der Waals surface area contributed by atoms with Gasteiger partial charge in [-0.05, 0) is 30.3 Å². The van der Waals surface area contributed by atoms with Crippen molar-refractivity contribution in [1.29, 1.82) is 0 Å². The summed E-state index contributed by atoms with van der Waals surface area (Å²) in [5, 5.41) is 0. The summed E-state index contributed by atoms with van der Waals surface area (Å²) >= 11 is 0. The highest BCUT2D eigenvalue weighted by Crippen LogP contribution is 2.25. The molecule has 1 aromatic carbocycles. The van der Waals surface area contributed by atoms with Crippen LogP contribution in [0.3, 0.4) is 0 Å². The van der Waals surface area contributed by atoms with E-state index < -0.39 is 0 Å². The number of benzene rings is 1. The SMILES string of the molecule is COc1ccc(-c2cnc(N)c(C(=O)Cc3cnccc3N3CCOCC3)n2)cc1. The molecule has 154 valence electrons. The highest BCUT2D eigenvalue weighted by atomic mass is 16.5. The topological polar surface area (TPSA) is 103 Å². The smallest absolute Gasteiger partial charge is 0.189 e. The molecule has 1 fully saturated rings. The number of nitrogens with two attached hydrogens (primary N) is 1. The molecule has 2 aromatic heterocycles. The van der Waals surface area contributed by atoms with Crippen LogP contribution in [-0.4, -0.2) is 54.1 Å². The van der Waals surface area contributed by atoms with Gasteiger partial charge in [0.25, 0.3) is 0 Å². The number of carbonyl (C=O) groups is 1. The minimum absolute atomic E-state index is 0.120. The molecule has 3 heterocycles. The van der Waals surface area contributed by atoms with Crippen molar-refractivity contribution in [3.8, 4) is 17.0 Å². The Kier molecular flexibility index (Phi) is 5.85. The zero-order valence-corrected chi connectivity index (χ0v) is 16.7. The molecule has 0 bridgehead atoms. The number of pyridine rings is 1. The fraction of sp³-hybridized carbons (Fsp3) is 0.273. The zero-order chi connectivity index (χ0) is 20.9. The van der Waals surface area contributed by atoms with Crippen molar-refractivity contribution in [2.24, 2.45) is 0 Å². The number of nitrogens with zero attached hydrogens (tertiary/aromatic N) is 4. The van der Waals surface area contributed by atoms with Crippen LogP contribution < -0.4 is 15.4 Å². The van der Waals surface area contributed by atoms with Gasteiger partial charge in [0.1, 0.15) is 11.4 Å². The van der Waals surface area contributed by atoms with Gasteiger partial charge in [0, 0.05) is 48.7 Å². The van der Waals surface area contributed by atoms with Crippen molar-refractivity contribution in [2.75, 3.05) is 44.0 Å². The molecule has 8 heteroatoms. The first-order valence-corrected chi connectivity index (χ1v) is 9.71. The summed E-state index contributed by atoms with van der Waals surface area (Å²) < 4.78 is 10.6. The van der Waals surface area contributed by atoms with Gasteiger partial charge in [0.2, 0.25) is 0 Å². The first-order valence-electron chi connectivity index (χ1n) is 9.71. The van der Waals surface area contributed by atoms with Crippen molar-refractivity contribution < 1.29 is 14.3 Å². The van der Waals surface area contributed by atoms with Crippen LogP contribution in [0.4, 0.5) is 11.5 Å². The average Bonchev–Trinajstić information content (AvgIpc) is 2.80. The van der Waals surface area contributed by atoms with Gasteiger partial charge in [-0.2, -0.15) is 0 Å². The third kappa shape index (κ3) is 4.23. The number of nitrogen functional groups attached to an aromatic ring is 1. The summed E-state index contributed by atoms with van der Waals surface area (Å²) in [4.78, 5) is 28.2. The average molecular weight is 405 g/mol. The highest BCUT2D eigenvalue weighted by molar-refractivity contribution is 6.00. The molecule has 0 atom stereocenters. The van der Waals surface area contributed by atoms with E-state index in [1.165, 1.54) is 0 Å². The lowest BCUT2D eigenvalue weighted by atomic mass is 10.1. The summed E-state index contributed by atoms with van der Waals surface area (Å²) in [7, 11) is 1.61. The maximum Gasteiger partial charge on any atom is 0.189 e. The van der Waals surface area contributed by atoms with E-state index in [4.69, 9.17) is 15.2 Å². The van der Waals surface area contributed by atoms with E-state index in [2.05, 4.69) is 19.9 Å². The first-order chi connectivity index (χ1) is 14.7. The number of carbonyl (C=O) groups excluding carboxylic acids is 1. The van der Waals surface area contributed by atoms with Crippen molar-refractivity contribution in [2.45, 2.75) is 6.42 Å². The molecule has 0 unspecified atom stereocenters. The monoisotopic (exact) mass is 405 g/mol. The number of hydrogen-bond acceptors (Lipinski definition) is 8. The predicted molar refractivity (Wildman–Crippen MR) is 114 cm³/mol. The Bertz CT molecular complexity index is 1030. The van der Waals surface area contributed by atoms with Gasteiger partial charge in [0.15, 0.2) is 11.6 Å². The molecule has 3 aromatic rings. The molecular formula is C22H23N5O3. The normalized spacial score (nSPS) is 13.8. The third-order valence-corrected chi connectivity index (χ3v) is 5.03. The second-order valence-electron chi connectivity index (χ2n) is 6.92. The number of ether oxygens (including phenoxy) is 2. The van der Waals surface area contributed by atoms with Gasteiger partial charge in [-0.1, -0.05) is 0 Å². The quantitative estimate of drug-likeness (QED) is 0.624. The third-order valence-electron chi connectivity index (χ3n) is 5.03. The molecule has 4 rings (SSSR count). The summed E-state index contributed by atoms with van der Waals surface area (Å²) in [5.41, 5.74) is 9.38. The summed E-state index contributed by atoms with van der Waals surface area (Å²) in [5.74, 6) is 0.664. The van der Waals surface area contributed by atoms with Crippen LogP contribution in [0.25, 0.3) is 11.3 Å². The molecule has 2 N–H and O–H groups in total. The lowest BCUT2D eigenvalue weighted by Gasteiger charge is -2.30. The maximum atomic E-state index is 13.1. The standard InChI is InChI=1S/C22H23N5O3/c1-29-17-4-2-15(3-5-17)18-14-25-22(23)21(26-18)20(28)12-16-13-24-7-6-19(16)27-8-10-30-11-9-27/h2-7,13-14H,8-12H2,1H3,(H2,23,25). The van der Waals surface area contributed by atoms with Crippen molar-refractivity contribution in [3.05, 3.63) is 60.2 Å². The second kappa shape index (κ2) is 8.87. The van der Waals surface area contributed by atoms with Gasteiger partial charge in [-0.15, -0.1) is 0 Å². The van der Waals surface area contributed by atoms with E-state index in [-0.39, 0.29) is 23.7 Å². The Balaban J connectivity index is 1.59. The van der Waals surface area contributed by atoms with Crippen LogP contribution in [0.5, 0.6) is 5.75 Å². The van der Waals surface area contributed by atoms with Gasteiger partial charge in [-0.25, -0.2) is 9.97 Å². The number of ketones is 1. The van der Waals surface area contributed by atoms with Crippen LogP contribution in [0, 0.1) is 0 Å². The van der Waals surface area contributed by atoms with E-state index in [0.717, 1.165) is 35.7 Å². The van der Waals surface area contributed by atoms with Gasteiger partial charge < -0.3 is 20.1 Å². The van der Waals surface area contributed by atoms with Crippen LogP contribution in [0.1, 0.15) is 16.1 Å². The van der Waals surface area contributed by atoms with E-state index in [9.17, 15) is 4.79 Å². The number of anilines is 2. The summed E-state index contributed by atoms with van der Waals surface area (Å²) in [6.07, 6.45) is 5.17. The van der Waals surface area contributed by atoms with E-state index in [1.54, 1.807) is 25.7 Å². The number of methoxy groups -OCH3 is 1. The molecule has 30 heavy (non-hydrogen) atoms. The lowest BCUT2D eigenvalue weighted by molar-refractivity contribution is 0.0988. The van der Waals surface area contributed by atoms with Gasteiger partial charge >= 0.3 is 0 Å². The van der Waals surface area contributed by atoms with E-state index >= 15 is 0 Å². The van der Waals surface area contributed by atoms with Crippen LogP contribution >= 0.6 is 0 Å². The molecule has 0 saturated carbocycles. The van der Waals surface area contributed by atoms with Gasteiger partial charge in [-0.3, -0.25) is 9.78 Å². The van der Waals surface area contributed by atoms with Crippen molar-refractivity contribution in [1.82, 2.24) is 15.0 Å². The predicted octanol–water partition coefficient (Wildman–Crippen LogP) is 2.39. The van der Waals surface area contributed by atoms with E-state index in [0.29, 0.717) is 18.9 Å². The molecule has 1 aliphatic rings. The molecule has 8 nitrogen and oxygen atoms in total. The zero-order valence-electron chi connectivity index (χ0n) is 16.7. The second-order valence-corrected chi connectivity index (χ2v) is 6.92. The molecule has 1 saturated heterocycles. The molecule has 1 aliphatic heterocycles. The van der Waals surface area contributed by atoms with Gasteiger partial charge in [0.05, 0.1) is 32.2 Å². The summed E-state index contributed by atoms with van der Waals surface area (Å²) in [6, 6.07) is 9.32. The van der Waals surface area contributed by atoms with Crippen LogP contribution in [-0.2, 0) is 11.2 Å². The maximum absolute atomic E-state index is 13.1. The Morgan fingerprint density at radius 1 is 1.17 bits per heavy atom. The molecule has 0 amide bonds. The minimum Gasteiger partial charge on any atom is -0.497 e. The Morgan fingerprint density at radius 2 is 1.93 bits per heavy atom. The highest BCUT2D eigenvalue weighted by Gasteiger charge is 2.20. The van der Waals surface area contributed by atoms with E-state index in [1.807, 2.05) is 30.3 Å². The minimum atomic E-state index is -0.196. The molecule has 0 spiro atoms. The number of aromatic nitrogens is 3. The molecular weight excluding hydrogens is 382 g/mol. The molecule has 0 radical (unpaired) electrons. The number of morpholine rings is 1. The van der Waals surface area contributed by atoms with Crippen molar-refractivity contribution in [3.63, 3.8) is 0 Å². The van der Waals surface area contributed by atoms with Crippen LogP contribution in [0.15, 0.2) is 48.9 Å².